The minimum absolute atomic E-state index is 0.0471. The number of carboxylic acid groups (broad SMARTS) is 1. The van der Waals surface area contributed by atoms with E-state index in [1.165, 1.54) is 96.3 Å². The lowest BCUT2D eigenvalue weighted by Gasteiger charge is -2.54. The molecular weight excluding hydrogens is 440 g/mol. The predicted octanol–water partition coefficient (Wildman–Crippen LogP) is 11.9. The summed E-state index contributed by atoms with van der Waals surface area (Å²) in [6, 6.07) is 0. The Labute approximate surface area is 228 Å². The fraction of sp³-hybridized carbons (Fsp3) is 0.971. The van der Waals surface area contributed by atoms with E-state index in [9.17, 15) is 9.90 Å². The first kappa shape index (κ1) is 35.5. The highest BCUT2D eigenvalue weighted by atomic mass is 16.4. The SMILES string of the molecule is CCCCCC(CC)(CC)CC(CC(CC)(CC)CC)(CC(CC)(CC)CC)CC(C)(CC)C(=O)O. The summed E-state index contributed by atoms with van der Waals surface area (Å²) in [7, 11) is 0. The van der Waals surface area contributed by atoms with E-state index in [0.29, 0.717) is 22.7 Å². The van der Waals surface area contributed by atoms with Crippen LogP contribution < -0.4 is 0 Å². The highest BCUT2D eigenvalue weighted by Crippen LogP contribution is 2.60. The van der Waals surface area contributed by atoms with Gasteiger partial charge in [0.2, 0.25) is 0 Å². The molecule has 0 aromatic heterocycles. The third kappa shape index (κ3) is 9.04. The van der Waals surface area contributed by atoms with E-state index in [4.69, 9.17) is 0 Å². The number of rotatable bonds is 22. The molecule has 0 bridgehead atoms. The van der Waals surface area contributed by atoms with Crippen LogP contribution in [0.2, 0.25) is 0 Å². The van der Waals surface area contributed by atoms with E-state index in [-0.39, 0.29) is 5.41 Å². The number of carbonyl (C=O) groups is 1. The zero-order valence-electron chi connectivity index (χ0n) is 26.9. The van der Waals surface area contributed by atoms with E-state index >= 15 is 0 Å². The van der Waals surface area contributed by atoms with Gasteiger partial charge in [-0.3, -0.25) is 4.79 Å². The number of carboxylic acids is 1. The molecule has 0 spiro atoms. The molecule has 0 aliphatic heterocycles. The molecular formula is C34H68O2. The van der Waals surface area contributed by atoms with Crippen LogP contribution in [0.25, 0.3) is 0 Å². The fourth-order valence-corrected chi connectivity index (χ4v) is 7.88. The number of hydrogen-bond donors (Lipinski definition) is 1. The van der Waals surface area contributed by atoms with Crippen molar-refractivity contribution >= 4 is 5.97 Å². The summed E-state index contributed by atoms with van der Waals surface area (Å²) in [6.45, 7) is 25.6. The predicted molar refractivity (Wildman–Crippen MR) is 161 cm³/mol. The molecule has 0 amide bonds. The average molecular weight is 509 g/mol. The Morgan fingerprint density at radius 1 is 0.500 bits per heavy atom. The standard InChI is InChI=1S/C34H68O2/c1-12-22-23-24-33(20-9,21-10)28-34(25-30(11,13-2)29(35)36,26-31(14-3,15-4)16-5)27-32(17-6,18-7)19-8/h12-28H2,1-11H3,(H,35,36). The van der Waals surface area contributed by atoms with Gasteiger partial charge in [0.05, 0.1) is 5.41 Å². The molecule has 0 saturated heterocycles. The summed E-state index contributed by atoms with van der Waals surface area (Å²) in [5.74, 6) is -0.593. The van der Waals surface area contributed by atoms with Gasteiger partial charge in [-0.05, 0) is 67.1 Å². The Kier molecular flexibility index (Phi) is 15.5. The molecule has 2 nitrogen and oxygen atoms in total. The van der Waals surface area contributed by atoms with Gasteiger partial charge in [-0.2, -0.15) is 0 Å². The maximum Gasteiger partial charge on any atom is 0.309 e. The van der Waals surface area contributed by atoms with Crippen molar-refractivity contribution < 1.29 is 9.90 Å². The van der Waals surface area contributed by atoms with E-state index in [1.54, 1.807) is 0 Å². The van der Waals surface area contributed by atoms with Gasteiger partial charge in [0.15, 0.2) is 0 Å². The molecule has 0 aliphatic carbocycles. The van der Waals surface area contributed by atoms with Crippen molar-refractivity contribution in [2.45, 2.75) is 185 Å². The zero-order chi connectivity index (χ0) is 28.1. The molecule has 0 saturated carbocycles. The van der Waals surface area contributed by atoms with Crippen LogP contribution in [0.1, 0.15) is 185 Å². The van der Waals surface area contributed by atoms with E-state index in [2.05, 4.69) is 76.2 Å². The number of unbranched alkanes of at least 4 members (excludes halogenated alkanes) is 2. The van der Waals surface area contributed by atoms with E-state index < -0.39 is 11.4 Å². The smallest absolute Gasteiger partial charge is 0.309 e. The highest BCUT2D eigenvalue weighted by Gasteiger charge is 2.51. The molecule has 0 rings (SSSR count). The van der Waals surface area contributed by atoms with Gasteiger partial charge in [0.25, 0.3) is 0 Å². The Hall–Kier alpha value is -0.530. The van der Waals surface area contributed by atoms with Gasteiger partial charge < -0.3 is 5.11 Å². The Balaban J connectivity index is 7.19. The second kappa shape index (κ2) is 15.8. The van der Waals surface area contributed by atoms with Crippen molar-refractivity contribution in [2.24, 2.45) is 27.1 Å². The lowest BCUT2D eigenvalue weighted by atomic mass is 9.51. The molecule has 1 atom stereocenters. The average Bonchev–Trinajstić information content (AvgIpc) is 2.90. The maximum atomic E-state index is 12.8. The quantitative estimate of drug-likeness (QED) is 0.148. The van der Waals surface area contributed by atoms with E-state index in [0.717, 1.165) is 6.42 Å². The summed E-state index contributed by atoms with van der Waals surface area (Å²) >= 11 is 0. The molecule has 1 N–H and O–H groups in total. The van der Waals surface area contributed by atoms with Crippen LogP contribution in [0.15, 0.2) is 0 Å². The van der Waals surface area contributed by atoms with Crippen LogP contribution in [0.5, 0.6) is 0 Å². The monoisotopic (exact) mass is 509 g/mol. The topological polar surface area (TPSA) is 37.3 Å². The van der Waals surface area contributed by atoms with Crippen LogP contribution in [0.3, 0.4) is 0 Å². The van der Waals surface area contributed by atoms with Crippen LogP contribution in [-0.4, -0.2) is 11.1 Å². The lowest BCUT2D eigenvalue weighted by molar-refractivity contribution is -0.152. The van der Waals surface area contributed by atoms with Crippen LogP contribution in [-0.2, 0) is 4.79 Å². The third-order valence-electron chi connectivity index (χ3n) is 11.6. The minimum Gasteiger partial charge on any atom is -0.481 e. The Morgan fingerprint density at radius 2 is 0.861 bits per heavy atom. The molecule has 1 unspecified atom stereocenters. The van der Waals surface area contributed by atoms with Crippen LogP contribution in [0, 0.1) is 27.1 Å². The molecule has 0 aromatic carbocycles. The Bertz CT molecular complexity index is 556. The van der Waals surface area contributed by atoms with E-state index in [1.807, 2.05) is 0 Å². The minimum atomic E-state index is -0.668. The second-order valence-corrected chi connectivity index (χ2v) is 13.2. The summed E-state index contributed by atoms with van der Waals surface area (Å²) in [6.07, 6.45) is 19.8. The van der Waals surface area contributed by atoms with Crippen molar-refractivity contribution in [1.29, 1.82) is 0 Å². The largest absolute Gasteiger partial charge is 0.481 e. The first-order chi connectivity index (χ1) is 16.9. The summed E-state index contributed by atoms with van der Waals surface area (Å²) in [4.78, 5) is 12.8. The molecule has 0 aliphatic rings. The number of hydrogen-bond acceptors (Lipinski definition) is 1. The molecule has 216 valence electrons. The molecule has 0 fully saturated rings. The lowest BCUT2D eigenvalue weighted by Crippen LogP contribution is -2.45. The fourth-order valence-electron chi connectivity index (χ4n) is 7.88. The van der Waals surface area contributed by atoms with Crippen molar-refractivity contribution in [1.82, 2.24) is 0 Å². The second-order valence-electron chi connectivity index (χ2n) is 13.2. The summed E-state index contributed by atoms with van der Waals surface area (Å²) in [5.41, 5.74) is 0.282. The molecule has 36 heavy (non-hydrogen) atoms. The Morgan fingerprint density at radius 3 is 1.14 bits per heavy atom. The normalized spacial score (nSPS) is 15.2. The molecule has 0 aromatic rings. The first-order valence-corrected chi connectivity index (χ1v) is 16.1. The molecule has 2 heteroatoms. The van der Waals surface area contributed by atoms with Gasteiger partial charge in [-0.15, -0.1) is 0 Å². The van der Waals surface area contributed by atoms with Crippen molar-refractivity contribution in [2.75, 3.05) is 0 Å². The zero-order valence-corrected chi connectivity index (χ0v) is 26.9. The molecule has 0 radical (unpaired) electrons. The van der Waals surface area contributed by atoms with Gasteiger partial charge >= 0.3 is 5.97 Å². The van der Waals surface area contributed by atoms with Crippen molar-refractivity contribution in [3.05, 3.63) is 0 Å². The van der Waals surface area contributed by atoms with Gasteiger partial charge in [-0.25, -0.2) is 0 Å². The van der Waals surface area contributed by atoms with Gasteiger partial charge in [0, 0.05) is 0 Å². The van der Waals surface area contributed by atoms with Crippen LogP contribution >= 0.6 is 0 Å². The van der Waals surface area contributed by atoms with Gasteiger partial charge in [0.1, 0.15) is 0 Å². The summed E-state index contributed by atoms with van der Waals surface area (Å²) < 4.78 is 0. The first-order valence-electron chi connectivity index (χ1n) is 16.1. The number of aliphatic carboxylic acids is 1. The van der Waals surface area contributed by atoms with Crippen LogP contribution in [0.4, 0.5) is 0 Å². The highest BCUT2D eigenvalue weighted by molar-refractivity contribution is 5.74. The summed E-state index contributed by atoms with van der Waals surface area (Å²) in [5, 5.41) is 10.5. The third-order valence-corrected chi connectivity index (χ3v) is 11.6. The molecule has 0 heterocycles. The van der Waals surface area contributed by atoms with Gasteiger partial charge in [-0.1, -0.05) is 140 Å². The van der Waals surface area contributed by atoms with Crippen molar-refractivity contribution in [3.8, 4) is 0 Å². The maximum absolute atomic E-state index is 12.8. The van der Waals surface area contributed by atoms with Crippen molar-refractivity contribution in [3.63, 3.8) is 0 Å².